The molecule has 4 heteroatoms. The summed E-state index contributed by atoms with van der Waals surface area (Å²) in [5.74, 6) is -0.216. The third-order valence-electron chi connectivity index (χ3n) is 3.86. The second-order valence-corrected chi connectivity index (χ2v) is 5.40. The van der Waals surface area contributed by atoms with Crippen LogP contribution in [0.15, 0.2) is 65.8 Å². The molecule has 23 heavy (non-hydrogen) atoms. The number of nitrogens with zero attached hydrogens (tertiary/aromatic N) is 2. The number of benzene rings is 2. The van der Waals surface area contributed by atoms with Crippen molar-refractivity contribution >= 4 is 17.4 Å². The fraction of sp³-hybridized carbons (Fsp3) is 0.263. The number of rotatable bonds is 4. The lowest BCUT2D eigenvalue weighted by Crippen LogP contribution is -2.43. The molecule has 0 bridgehead atoms. The van der Waals surface area contributed by atoms with E-state index in [2.05, 4.69) is 0 Å². The van der Waals surface area contributed by atoms with Crippen LogP contribution < -0.4 is 5.01 Å². The molecule has 0 radical (unpaired) electrons. The first-order valence-electron chi connectivity index (χ1n) is 7.93. The zero-order valence-electron chi connectivity index (χ0n) is 13.2. The highest BCUT2D eigenvalue weighted by atomic mass is 16.5. The Labute approximate surface area is 136 Å². The molecule has 3 rings (SSSR count). The van der Waals surface area contributed by atoms with E-state index in [-0.39, 0.29) is 12.0 Å². The standard InChI is InChI=1S/C19H20N2O2/c1-2-23-19(22)18-14-13-17(15-9-5-3-6-10-15)20-21(18)16-11-7-4-8-12-16/h3-12,18H,2,13-14H2,1H3. The van der Waals surface area contributed by atoms with Gasteiger partial charge in [-0.15, -0.1) is 0 Å². The topological polar surface area (TPSA) is 41.9 Å². The molecule has 1 heterocycles. The molecule has 2 aromatic carbocycles. The summed E-state index contributed by atoms with van der Waals surface area (Å²) < 4.78 is 5.22. The summed E-state index contributed by atoms with van der Waals surface area (Å²) >= 11 is 0. The summed E-state index contributed by atoms with van der Waals surface area (Å²) in [7, 11) is 0. The predicted molar refractivity (Wildman–Crippen MR) is 91.6 cm³/mol. The van der Waals surface area contributed by atoms with Crippen molar-refractivity contribution in [1.29, 1.82) is 0 Å². The van der Waals surface area contributed by atoms with Crippen molar-refractivity contribution in [2.75, 3.05) is 11.6 Å². The molecule has 0 saturated carbocycles. The van der Waals surface area contributed by atoms with Crippen LogP contribution in [-0.2, 0) is 9.53 Å². The van der Waals surface area contributed by atoms with E-state index >= 15 is 0 Å². The van der Waals surface area contributed by atoms with Gasteiger partial charge in [0.2, 0.25) is 0 Å². The van der Waals surface area contributed by atoms with Crippen molar-refractivity contribution in [1.82, 2.24) is 0 Å². The Morgan fingerprint density at radius 3 is 2.43 bits per heavy atom. The number of ether oxygens (including phenoxy) is 1. The lowest BCUT2D eigenvalue weighted by Gasteiger charge is -2.32. The van der Waals surface area contributed by atoms with Gasteiger partial charge >= 0.3 is 5.97 Å². The molecule has 1 aliphatic heterocycles. The second-order valence-electron chi connectivity index (χ2n) is 5.40. The number of hydrogen-bond donors (Lipinski definition) is 0. The molecule has 1 unspecified atom stereocenters. The third-order valence-corrected chi connectivity index (χ3v) is 3.86. The maximum atomic E-state index is 12.3. The summed E-state index contributed by atoms with van der Waals surface area (Å²) in [5.41, 5.74) is 2.99. The van der Waals surface area contributed by atoms with Crippen LogP contribution in [0.1, 0.15) is 25.3 Å². The van der Waals surface area contributed by atoms with Crippen LogP contribution in [0.5, 0.6) is 0 Å². The molecule has 1 atom stereocenters. The van der Waals surface area contributed by atoms with E-state index in [1.807, 2.05) is 67.6 Å². The van der Waals surface area contributed by atoms with Crippen molar-refractivity contribution in [3.05, 3.63) is 66.2 Å². The molecule has 0 amide bonds. The van der Waals surface area contributed by atoms with E-state index < -0.39 is 0 Å². The number of anilines is 1. The molecule has 2 aromatic rings. The molecule has 0 spiro atoms. The fourth-order valence-corrected chi connectivity index (χ4v) is 2.75. The third kappa shape index (κ3) is 3.42. The Balaban J connectivity index is 1.96. The molecular formula is C19H20N2O2. The molecule has 0 saturated heterocycles. The summed E-state index contributed by atoms with van der Waals surface area (Å²) in [4.78, 5) is 12.3. The van der Waals surface area contributed by atoms with Gasteiger partial charge in [-0.05, 0) is 37.5 Å². The van der Waals surface area contributed by atoms with Crippen molar-refractivity contribution in [2.45, 2.75) is 25.8 Å². The smallest absolute Gasteiger partial charge is 0.330 e. The van der Waals surface area contributed by atoms with Crippen molar-refractivity contribution in [3.8, 4) is 0 Å². The molecule has 118 valence electrons. The van der Waals surface area contributed by atoms with Gasteiger partial charge in [0.1, 0.15) is 0 Å². The molecular weight excluding hydrogens is 288 g/mol. The lowest BCUT2D eigenvalue weighted by atomic mass is 10.00. The van der Waals surface area contributed by atoms with Crippen LogP contribution in [0.25, 0.3) is 0 Å². The van der Waals surface area contributed by atoms with Gasteiger partial charge in [-0.2, -0.15) is 5.10 Å². The van der Waals surface area contributed by atoms with Gasteiger partial charge in [0.25, 0.3) is 0 Å². The molecule has 1 aliphatic rings. The highest BCUT2D eigenvalue weighted by molar-refractivity contribution is 6.02. The average Bonchev–Trinajstić information content (AvgIpc) is 2.63. The van der Waals surface area contributed by atoms with Crippen LogP contribution in [0, 0.1) is 0 Å². The maximum Gasteiger partial charge on any atom is 0.330 e. The first-order valence-corrected chi connectivity index (χ1v) is 7.93. The Morgan fingerprint density at radius 2 is 1.78 bits per heavy atom. The van der Waals surface area contributed by atoms with Crippen LogP contribution >= 0.6 is 0 Å². The number of hydrazone groups is 1. The largest absolute Gasteiger partial charge is 0.464 e. The average molecular weight is 308 g/mol. The minimum Gasteiger partial charge on any atom is -0.464 e. The van der Waals surface area contributed by atoms with Gasteiger partial charge in [-0.25, -0.2) is 4.79 Å². The van der Waals surface area contributed by atoms with Gasteiger partial charge in [-0.1, -0.05) is 48.5 Å². The molecule has 0 aliphatic carbocycles. The minimum atomic E-state index is -0.371. The fourth-order valence-electron chi connectivity index (χ4n) is 2.75. The van der Waals surface area contributed by atoms with Crippen LogP contribution in [0.2, 0.25) is 0 Å². The molecule has 0 aromatic heterocycles. The van der Waals surface area contributed by atoms with Crippen molar-refractivity contribution < 1.29 is 9.53 Å². The summed E-state index contributed by atoms with van der Waals surface area (Å²) in [5, 5.41) is 6.55. The van der Waals surface area contributed by atoms with Gasteiger partial charge < -0.3 is 4.74 Å². The first kappa shape index (κ1) is 15.3. The minimum absolute atomic E-state index is 0.216. The van der Waals surface area contributed by atoms with Crippen molar-refractivity contribution in [3.63, 3.8) is 0 Å². The predicted octanol–water partition coefficient (Wildman–Crippen LogP) is 3.62. The summed E-state index contributed by atoms with van der Waals surface area (Å²) in [6, 6.07) is 19.5. The second kappa shape index (κ2) is 7.09. The highest BCUT2D eigenvalue weighted by Crippen LogP contribution is 2.26. The van der Waals surface area contributed by atoms with Crippen LogP contribution in [0.3, 0.4) is 0 Å². The molecule has 0 fully saturated rings. The zero-order chi connectivity index (χ0) is 16.1. The number of hydrogen-bond acceptors (Lipinski definition) is 4. The first-order chi connectivity index (χ1) is 11.3. The number of para-hydroxylation sites is 1. The van der Waals surface area contributed by atoms with E-state index in [0.29, 0.717) is 13.0 Å². The van der Waals surface area contributed by atoms with Crippen molar-refractivity contribution in [2.24, 2.45) is 5.10 Å². The monoisotopic (exact) mass is 308 g/mol. The Morgan fingerprint density at radius 1 is 1.13 bits per heavy atom. The van der Waals surface area contributed by atoms with E-state index in [1.165, 1.54) is 0 Å². The van der Waals surface area contributed by atoms with Crippen LogP contribution in [-0.4, -0.2) is 24.3 Å². The van der Waals surface area contributed by atoms with E-state index in [1.54, 1.807) is 5.01 Å². The Hall–Kier alpha value is -2.62. The van der Waals surface area contributed by atoms with Gasteiger partial charge in [0, 0.05) is 0 Å². The van der Waals surface area contributed by atoms with Gasteiger partial charge in [0.15, 0.2) is 6.04 Å². The van der Waals surface area contributed by atoms with E-state index in [4.69, 9.17) is 9.84 Å². The van der Waals surface area contributed by atoms with Gasteiger partial charge in [-0.3, -0.25) is 5.01 Å². The normalized spacial score (nSPS) is 17.5. The summed E-state index contributed by atoms with van der Waals surface area (Å²) in [6.45, 7) is 2.21. The number of esters is 1. The maximum absolute atomic E-state index is 12.3. The zero-order valence-corrected chi connectivity index (χ0v) is 13.2. The Bertz CT molecular complexity index is 683. The molecule has 4 nitrogen and oxygen atoms in total. The lowest BCUT2D eigenvalue weighted by molar-refractivity contribution is -0.145. The van der Waals surface area contributed by atoms with Gasteiger partial charge in [0.05, 0.1) is 18.0 Å². The van der Waals surface area contributed by atoms with Crippen LogP contribution in [0.4, 0.5) is 5.69 Å². The SMILES string of the molecule is CCOC(=O)C1CCC(c2ccccc2)=NN1c1ccccc1. The highest BCUT2D eigenvalue weighted by Gasteiger charge is 2.31. The molecule has 0 N–H and O–H groups in total. The number of carbonyl (C=O) groups excluding carboxylic acids is 1. The van der Waals surface area contributed by atoms with E-state index in [0.717, 1.165) is 23.4 Å². The number of carbonyl (C=O) groups is 1. The Kier molecular flexibility index (Phi) is 4.71. The quantitative estimate of drug-likeness (QED) is 0.810. The van der Waals surface area contributed by atoms with E-state index in [9.17, 15) is 4.79 Å². The summed E-state index contributed by atoms with van der Waals surface area (Å²) in [6.07, 6.45) is 1.46.